The maximum atomic E-state index is 11.9. The summed E-state index contributed by atoms with van der Waals surface area (Å²) < 4.78 is 0. The van der Waals surface area contributed by atoms with Gasteiger partial charge in [-0.1, -0.05) is 6.07 Å². The third-order valence-corrected chi connectivity index (χ3v) is 2.94. The van der Waals surface area contributed by atoms with Gasteiger partial charge >= 0.3 is 0 Å². The Labute approximate surface area is 98.4 Å². The van der Waals surface area contributed by atoms with Gasteiger partial charge in [0.25, 0.3) is 5.91 Å². The molecule has 2 heterocycles. The number of rotatable bonds is 3. The van der Waals surface area contributed by atoms with Gasteiger partial charge < -0.3 is 4.90 Å². The van der Waals surface area contributed by atoms with Crippen molar-refractivity contribution in [2.75, 3.05) is 7.05 Å². The number of carbonyl (C=O) groups is 1. The van der Waals surface area contributed by atoms with Crippen LogP contribution in [0, 0.1) is 0 Å². The average Bonchev–Trinajstić information content (AvgIpc) is 2.83. The molecule has 0 saturated carbocycles. The van der Waals surface area contributed by atoms with Crippen LogP contribution in [-0.4, -0.2) is 22.8 Å². The zero-order valence-electron chi connectivity index (χ0n) is 8.96. The molecule has 0 spiro atoms. The molecule has 0 aliphatic carbocycles. The molecule has 0 radical (unpaired) electrons. The van der Waals surface area contributed by atoms with Gasteiger partial charge in [-0.25, -0.2) is 0 Å². The summed E-state index contributed by atoms with van der Waals surface area (Å²) in [7, 11) is 1.80. The maximum Gasteiger partial charge on any atom is 0.254 e. The Kier molecular flexibility index (Phi) is 3.31. The number of aromatic nitrogens is 1. The molecule has 2 rings (SSSR count). The second kappa shape index (κ2) is 4.90. The van der Waals surface area contributed by atoms with Crippen molar-refractivity contribution in [1.29, 1.82) is 0 Å². The van der Waals surface area contributed by atoms with E-state index in [1.165, 1.54) is 11.3 Å². The van der Waals surface area contributed by atoms with Crippen LogP contribution < -0.4 is 0 Å². The number of amides is 1. The van der Waals surface area contributed by atoms with Crippen molar-refractivity contribution < 1.29 is 4.79 Å². The van der Waals surface area contributed by atoms with Gasteiger partial charge in [-0.15, -0.1) is 0 Å². The largest absolute Gasteiger partial charge is 0.337 e. The fourth-order valence-corrected chi connectivity index (χ4v) is 2.07. The first-order valence-corrected chi connectivity index (χ1v) is 5.88. The SMILES string of the molecule is CN(Cc1cccnc1)C(=O)c1ccsc1. The van der Waals surface area contributed by atoms with Crippen LogP contribution in [0.1, 0.15) is 15.9 Å². The first-order chi connectivity index (χ1) is 7.77. The molecule has 0 bridgehead atoms. The highest BCUT2D eigenvalue weighted by Gasteiger charge is 2.11. The lowest BCUT2D eigenvalue weighted by Gasteiger charge is -2.16. The van der Waals surface area contributed by atoms with Crippen LogP contribution in [0.4, 0.5) is 0 Å². The molecule has 82 valence electrons. The molecule has 0 fully saturated rings. The molecule has 0 atom stereocenters. The Balaban J connectivity index is 2.04. The van der Waals surface area contributed by atoms with Crippen molar-refractivity contribution in [3.8, 4) is 0 Å². The molecule has 0 N–H and O–H groups in total. The number of hydrogen-bond acceptors (Lipinski definition) is 3. The monoisotopic (exact) mass is 232 g/mol. The molecule has 4 heteroatoms. The van der Waals surface area contributed by atoms with Gasteiger partial charge in [0.15, 0.2) is 0 Å². The van der Waals surface area contributed by atoms with Crippen molar-refractivity contribution in [3.05, 3.63) is 52.5 Å². The molecule has 0 saturated heterocycles. The van der Waals surface area contributed by atoms with Crippen LogP contribution in [0.15, 0.2) is 41.4 Å². The molecule has 0 aliphatic heterocycles. The van der Waals surface area contributed by atoms with E-state index in [1.54, 1.807) is 24.3 Å². The van der Waals surface area contributed by atoms with Gasteiger partial charge in [-0.05, 0) is 23.1 Å². The normalized spacial score (nSPS) is 10.1. The first kappa shape index (κ1) is 10.8. The van der Waals surface area contributed by atoms with Crippen LogP contribution in [0.3, 0.4) is 0 Å². The second-order valence-corrected chi connectivity index (χ2v) is 4.31. The van der Waals surface area contributed by atoms with Crippen molar-refractivity contribution in [2.45, 2.75) is 6.54 Å². The summed E-state index contributed by atoms with van der Waals surface area (Å²) in [5.41, 5.74) is 1.78. The van der Waals surface area contributed by atoms with E-state index in [4.69, 9.17) is 0 Å². The fourth-order valence-electron chi connectivity index (χ4n) is 1.44. The van der Waals surface area contributed by atoms with Crippen LogP contribution in [-0.2, 0) is 6.54 Å². The van der Waals surface area contributed by atoms with Crippen molar-refractivity contribution in [2.24, 2.45) is 0 Å². The molecular weight excluding hydrogens is 220 g/mol. The summed E-state index contributed by atoms with van der Waals surface area (Å²) >= 11 is 1.53. The van der Waals surface area contributed by atoms with Crippen molar-refractivity contribution in [1.82, 2.24) is 9.88 Å². The quantitative estimate of drug-likeness (QED) is 0.814. The molecule has 2 aromatic heterocycles. The highest BCUT2D eigenvalue weighted by Crippen LogP contribution is 2.10. The zero-order chi connectivity index (χ0) is 11.4. The first-order valence-electron chi connectivity index (χ1n) is 4.94. The topological polar surface area (TPSA) is 33.2 Å². The molecular formula is C12H12N2OS. The van der Waals surface area contributed by atoms with E-state index in [2.05, 4.69) is 4.98 Å². The minimum absolute atomic E-state index is 0.0464. The Morgan fingerprint density at radius 1 is 1.50 bits per heavy atom. The summed E-state index contributed by atoms with van der Waals surface area (Å²) in [6.45, 7) is 0.586. The fraction of sp³-hybridized carbons (Fsp3) is 0.167. The van der Waals surface area contributed by atoms with E-state index in [0.717, 1.165) is 11.1 Å². The van der Waals surface area contributed by atoms with Gasteiger partial charge in [-0.2, -0.15) is 11.3 Å². The summed E-state index contributed by atoms with van der Waals surface area (Å²) in [5, 5.41) is 3.77. The molecule has 0 unspecified atom stereocenters. The third kappa shape index (κ3) is 2.46. The highest BCUT2D eigenvalue weighted by atomic mass is 32.1. The smallest absolute Gasteiger partial charge is 0.254 e. The average molecular weight is 232 g/mol. The summed E-state index contributed by atoms with van der Waals surface area (Å²) in [5.74, 6) is 0.0464. The van der Waals surface area contributed by atoms with Gasteiger partial charge in [0, 0.05) is 31.4 Å². The van der Waals surface area contributed by atoms with E-state index >= 15 is 0 Å². The van der Waals surface area contributed by atoms with E-state index < -0.39 is 0 Å². The Morgan fingerprint density at radius 3 is 3.00 bits per heavy atom. The minimum atomic E-state index is 0.0464. The Bertz CT molecular complexity index is 453. The Morgan fingerprint density at radius 2 is 2.38 bits per heavy atom. The summed E-state index contributed by atoms with van der Waals surface area (Å²) in [6, 6.07) is 5.68. The molecule has 0 aromatic carbocycles. The van der Waals surface area contributed by atoms with Gasteiger partial charge in [0.1, 0.15) is 0 Å². The predicted molar refractivity (Wildman–Crippen MR) is 64.4 cm³/mol. The lowest BCUT2D eigenvalue weighted by atomic mass is 10.2. The number of nitrogens with zero attached hydrogens (tertiary/aromatic N) is 2. The third-order valence-electron chi connectivity index (χ3n) is 2.26. The highest BCUT2D eigenvalue weighted by molar-refractivity contribution is 7.08. The molecule has 3 nitrogen and oxygen atoms in total. The van der Waals surface area contributed by atoms with Crippen LogP contribution in [0.25, 0.3) is 0 Å². The number of thiophene rings is 1. The molecule has 0 aliphatic rings. The van der Waals surface area contributed by atoms with Crippen molar-refractivity contribution >= 4 is 17.2 Å². The van der Waals surface area contributed by atoms with Gasteiger partial charge in [0.2, 0.25) is 0 Å². The lowest BCUT2D eigenvalue weighted by molar-refractivity contribution is 0.0785. The van der Waals surface area contributed by atoms with Crippen LogP contribution >= 0.6 is 11.3 Å². The van der Waals surface area contributed by atoms with Crippen molar-refractivity contribution in [3.63, 3.8) is 0 Å². The summed E-state index contributed by atoms with van der Waals surface area (Å²) in [6.07, 6.45) is 3.50. The van der Waals surface area contributed by atoms with Crippen LogP contribution in [0.2, 0.25) is 0 Å². The number of carbonyl (C=O) groups excluding carboxylic acids is 1. The molecule has 16 heavy (non-hydrogen) atoms. The van der Waals surface area contributed by atoms with E-state index in [-0.39, 0.29) is 5.91 Å². The van der Waals surface area contributed by atoms with E-state index in [0.29, 0.717) is 6.54 Å². The van der Waals surface area contributed by atoms with Gasteiger partial charge in [0.05, 0.1) is 5.56 Å². The number of hydrogen-bond donors (Lipinski definition) is 0. The Hall–Kier alpha value is -1.68. The lowest BCUT2D eigenvalue weighted by Crippen LogP contribution is -2.25. The zero-order valence-corrected chi connectivity index (χ0v) is 9.78. The molecule has 1 amide bonds. The standard InChI is InChI=1S/C12H12N2OS/c1-14(8-10-3-2-5-13-7-10)12(15)11-4-6-16-9-11/h2-7,9H,8H2,1H3. The number of pyridine rings is 1. The predicted octanol–water partition coefficient (Wildman–Crippen LogP) is 2.42. The maximum absolute atomic E-state index is 11.9. The van der Waals surface area contributed by atoms with Gasteiger partial charge in [-0.3, -0.25) is 9.78 Å². The van der Waals surface area contributed by atoms with E-state index in [9.17, 15) is 4.79 Å². The second-order valence-electron chi connectivity index (χ2n) is 3.53. The van der Waals surface area contributed by atoms with E-state index in [1.807, 2.05) is 29.0 Å². The summed E-state index contributed by atoms with van der Waals surface area (Å²) in [4.78, 5) is 17.6. The molecule has 2 aromatic rings. The van der Waals surface area contributed by atoms with Crippen LogP contribution in [0.5, 0.6) is 0 Å². The minimum Gasteiger partial charge on any atom is -0.337 e.